The van der Waals surface area contributed by atoms with E-state index in [2.05, 4.69) is 0 Å². The van der Waals surface area contributed by atoms with E-state index < -0.39 is 17.6 Å². The van der Waals surface area contributed by atoms with Crippen molar-refractivity contribution < 1.29 is 14.0 Å². The van der Waals surface area contributed by atoms with Crippen LogP contribution in [0.4, 0.5) is 4.39 Å². The van der Waals surface area contributed by atoms with Gasteiger partial charge in [0.15, 0.2) is 0 Å². The minimum atomic E-state index is -0.437. The van der Waals surface area contributed by atoms with Gasteiger partial charge < -0.3 is 0 Å². The molecule has 0 atom stereocenters. The SMILES string of the molecule is O=C1C(c2ccccc2)=C(c2ccccc2)C(=O)N1Cc1ccccc1F. The fourth-order valence-electron chi connectivity index (χ4n) is 3.26. The van der Waals surface area contributed by atoms with Crippen LogP contribution < -0.4 is 0 Å². The Morgan fingerprint density at radius 1 is 0.630 bits per heavy atom. The molecular formula is C23H16FNO2. The lowest BCUT2D eigenvalue weighted by Crippen LogP contribution is -2.31. The van der Waals surface area contributed by atoms with Gasteiger partial charge in [-0.05, 0) is 17.2 Å². The van der Waals surface area contributed by atoms with Crippen molar-refractivity contribution in [3.05, 3.63) is 107 Å². The molecule has 0 saturated carbocycles. The van der Waals surface area contributed by atoms with E-state index in [4.69, 9.17) is 0 Å². The molecule has 0 N–H and O–H groups in total. The third-order valence-electron chi connectivity index (χ3n) is 4.58. The van der Waals surface area contributed by atoms with E-state index in [0.717, 1.165) is 4.90 Å². The van der Waals surface area contributed by atoms with Gasteiger partial charge in [0.25, 0.3) is 11.8 Å². The van der Waals surface area contributed by atoms with Gasteiger partial charge in [-0.2, -0.15) is 0 Å². The van der Waals surface area contributed by atoms with Crippen LogP contribution in [0.2, 0.25) is 0 Å². The van der Waals surface area contributed by atoms with Crippen LogP contribution in [0.15, 0.2) is 84.9 Å². The Balaban J connectivity index is 1.82. The zero-order valence-corrected chi connectivity index (χ0v) is 14.4. The number of imide groups is 1. The van der Waals surface area contributed by atoms with Crippen molar-refractivity contribution in [1.82, 2.24) is 4.90 Å². The van der Waals surface area contributed by atoms with Gasteiger partial charge in [0, 0.05) is 5.56 Å². The van der Waals surface area contributed by atoms with Gasteiger partial charge in [0.05, 0.1) is 17.7 Å². The van der Waals surface area contributed by atoms with Crippen molar-refractivity contribution in [3.8, 4) is 0 Å². The minimum absolute atomic E-state index is 0.100. The van der Waals surface area contributed by atoms with E-state index in [9.17, 15) is 14.0 Å². The largest absolute Gasteiger partial charge is 0.270 e. The maximum Gasteiger partial charge on any atom is 0.262 e. The van der Waals surface area contributed by atoms with E-state index in [1.54, 1.807) is 42.5 Å². The predicted octanol–water partition coefficient (Wildman–Crippen LogP) is 4.31. The summed E-state index contributed by atoms with van der Waals surface area (Å²) >= 11 is 0. The lowest BCUT2D eigenvalue weighted by molar-refractivity contribution is -0.136. The highest BCUT2D eigenvalue weighted by atomic mass is 19.1. The number of nitrogens with zero attached hydrogens (tertiary/aromatic N) is 1. The fraction of sp³-hybridized carbons (Fsp3) is 0.0435. The summed E-state index contributed by atoms with van der Waals surface area (Å²) in [4.78, 5) is 27.4. The number of hydrogen-bond donors (Lipinski definition) is 0. The average molecular weight is 357 g/mol. The number of hydrogen-bond acceptors (Lipinski definition) is 2. The summed E-state index contributed by atoms with van der Waals surface area (Å²) in [5.74, 6) is -1.26. The highest BCUT2D eigenvalue weighted by Crippen LogP contribution is 2.36. The van der Waals surface area contributed by atoms with Crippen LogP contribution in [0.5, 0.6) is 0 Å². The first-order valence-corrected chi connectivity index (χ1v) is 8.61. The van der Waals surface area contributed by atoms with Crippen LogP contribution >= 0.6 is 0 Å². The van der Waals surface area contributed by atoms with Crippen LogP contribution in [-0.4, -0.2) is 16.7 Å². The maximum atomic E-state index is 14.1. The quantitative estimate of drug-likeness (QED) is 0.653. The number of amides is 2. The summed E-state index contributed by atoms with van der Waals surface area (Å²) in [6.07, 6.45) is 0. The molecule has 0 radical (unpaired) electrons. The fourth-order valence-corrected chi connectivity index (χ4v) is 3.26. The topological polar surface area (TPSA) is 37.4 Å². The zero-order chi connectivity index (χ0) is 18.8. The predicted molar refractivity (Wildman–Crippen MR) is 102 cm³/mol. The number of benzene rings is 3. The molecular weight excluding hydrogens is 341 g/mol. The highest BCUT2D eigenvalue weighted by Gasteiger charge is 2.39. The summed E-state index contributed by atoms with van der Waals surface area (Å²) in [5, 5.41) is 0. The Morgan fingerprint density at radius 3 is 1.56 bits per heavy atom. The molecule has 3 nitrogen and oxygen atoms in total. The molecule has 1 heterocycles. The first kappa shape index (κ1) is 16.9. The van der Waals surface area contributed by atoms with E-state index in [1.165, 1.54) is 6.07 Å². The summed E-state index contributed by atoms with van der Waals surface area (Å²) < 4.78 is 14.1. The zero-order valence-electron chi connectivity index (χ0n) is 14.4. The summed E-state index contributed by atoms with van der Waals surface area (Å²) in [5.41, 5.74) is 2.35. The first-order chi connectivity index (χ1) is 13.2. The molecule has 0 saturated heterocycles. The standard InChI is InChI=1S/C23H16FNO2/c24-19-14-8-7-13-18(19)15-25-22(26)20(16-9-3-1-4-10-16)21(23(25)27)17-11-5-2-6-12-17/h1-14H,15H2. The first-order valence-electron chi connectivity index (χ1n) is 8.61. The van der Waals surface area contributed by atoms with Crippen LogP contribution in [0.25, 0.3) is 11.1 Å². The number of halogens is 1. The van der Waals surface area contributed by atoms with Gasteiger partial charge >= 0.3 is 0 Å². The molecule has 3 aromatic rings. The maximum absolute atomic E-state index is 14.1. The van der Waals surface area contributed by atoms with E-state index >= 15 is 0 Å². The van der Waals surface area contributed by atoms with Crippen LogP contribution in [0, 0.1) is 5.82 Å². The molecule has 2 amide bonds. The molecule has 1 aliphatic rings. The van der Waals surface area contributed by atoms with Crippen molar-refractivity contribution in [1.29, 1.82) is 0 Å². The summed E-state index contributed by atoms with van der Waals surface area (Å²) in [7, 11) is 0. The third-order valence-corrected chi connectivity index (χ3v) is 4.58. The molecule has 0 unspecified atom stereocenters. The van der Waals surface area contributed by atoms with E-state index in [1.807, 2.05) is 36.4 Å². The summed E-state index contributed by atoms with van der Waals surface area (Å²) in [6.45, 7) is -0.100. The number of carbonyl (C=O) groups is 2. The van der Waals surface area contributed by atoms with Crippen LogP contribution in [0.1, 0.15) is 16.7 Å². The Morgan fingerprint density at radius 2 is 1.07 bits per heavy atom. The van der Waals surface area contributed by atoms with Gasteiger partial charge in [0.1, 0.15) is 5.82 Å². The normalized spacial score (nSPS) is 14.2. The Kier molecular flexibility index (Phi) is 4.38. The van der Waals surface area contributed by atoms with Crippen LogP contribution in [0.3, 0.4) is 0 Å². The second-order valence-electron chi connectivity index (χ2n) is 6.27. The minimum Gasteiger partial charge on any atom is -0.270 e. The van der Waals surface area contributed by atoms with E-state index in [0.29, 0.717) is 27.8 Å². The van der Waals surface area contributed by atoms with Crippen molar-refractivity contribution in [2.75, 3.05) is 0 Å². The molecule has 0 fully saturated rings. The Hall–Kier alpha value is -3.53. The third kappa shape index (κ3) is 3.06. The van der Waals surface area contributed by atoms with Gasteiger partial charge in [0.2, 0.25) is 0 Å². The molecule has 0 bridgehead atoms. The Bertz CT molecular complexity index is 981. The molecule has 0 aliphatic carbocycles. The second-order valence-corrected chi connectivity index (χ2v) is 6.27. The second kappa shape index (κ2) is 7.00. The average Bonchev–Trinajstić information content (AvgIpc) is 2.95. The summed E-state index contributed by atoms with van der Waals surface area (Å²) in [6, 6.07) is 24.4. The van der Waals surface area contributed by atoms with Gasteiger partial charge in [-0.25, -0.2) is 4.39 Å². The molecule has 27 heavy (non-hydrogen) atoms. The molecule has 4 rings (SSSR count). The van der Waals surface area contributed by atoms with Gasteiger partial charge in [-0.15, -0.1) is 0 Å². The smallest absolute Gasteiger partial charge is 0.262 e. The molecule has 3 aromatic carbocycles. The Labute approximate surface area is 156 Å². The lowest BCUT2D eigenvalue weighted by atomic mass is 9.96. The van der Waals surface area contributed by atoms with Crippen molar-refractivity contribution in [3.63, 3.8) is 0 Å². The molecule has 0 spiro atoms. The van der Waals surface area contributed by atoms with Gasteiger partial charge in [-0.3, -0.25) is 14.5 Å². The van der Waals surface area contributed by atoms with Crippen LogP contribution in [-0.2, 0) is 16.1 Å². The monoisotopic (exact) mass is 357 g/mol. The van der Waals surface area contributed by atoms with Gasteiger partial charge in [-0.1, -0.05) is 78.9 Å². The number of carbonyl (C=O) groups excluding carboxylic acids is 2. The molecule has 4 heteroatoms. The lowest BCUT2D eigenvalue weighted by Gasteiger charge is -2.15. The van der Waals surface area contributed by atoms with Crippen molar-refractivity contribution in [2.24, 2.45) is 0 Å². The number of rotatable bonds is 4. The highest BCUT2D eigenvalue weighted by molar-refractivity contribution is 6.48. The molecule has 132 valence electrons. The van der Waals surface area contributed by atoms with E-state index in [-0.39, 0.29) is 6.54 Å². The van der Waals surface area contributed by atoms with Crippen molar-refractivity contribution >= 4 is 23.0 Å². The molecule has 1 aliphatic heterocycles. The molecule has 0 aromatic heterocycles. The van der Waals surface area contributed by atoms with Crippen molar-refractivity contribution in [2.45, 2.75) is 6.54 Å².